The largest absolute Gasteiger partial charge is 0.327 e. The molecule has 1 aliphatic rings. The number of carbonyl (C=O) groups is 1. The van der Waals surface area contributed by atoms with Crippen LogP contribution in [0.25, 0.3) is 17.1 Å². The maximum atomic E-state index is 14.1. The lowest BCUT2D eigenvalue weighted by Gasteiger charge is -2.41. The highest BCUT2D eigenvalue weighted by molar-refractivity contribution is 5.95. The van der Waals surface area contributed by atoms with Crippen molar-refractivity contribution in [2.24, 2.45) is 7.05 Å². The second kappa shape index (κ2) is 9.29. The van der Waals surface area contributed by atoms with Crippen molar-refractivity contribution in [3.63, 3.8) is 0 Å². The SMILES string of the molecule is CCC1Cc2c(nn(C)c2-c2cc(F)c(F)c(F)c2)C(CC)N1C(=O)c1ccc(-n2cccc2)nc1. The zero-order valence-corrected chi connectivity index (χ0v) is 20.3. The van der Waals surface area contributed by atoms with E-state index in [1.807, 2.05) is 47.8 Å². The zero-order chi connectivity index (χ0) is 25.6. The second-order valence-corrected chi connectivity index (χ2v) is 8.99. The highest BCUT2D eigenvalue weighted by Crippen LogP contribution is 2.41. The summed E-state index contributed by atoms with van der Waals surface area (Å²) in [5.41, 5.74) is 2.74. The lowest BCUT2D eigenvalue weighted by atomic mass is 9.87. The second-order valence-electron chi connectivity index (χ2n) is 8.99. The molecule has 4 aromatic rings. The predicted octanol–water partition coefficient (Wildman–Crippen LogP) is 5.62. The van der Waals surface area contributed by atoms with E-state index in [1.165, 1.54) is 0 Å². The molecule has 1 amide bonds. The van der Waals surface area contributed by atoms with E-state index < -0.39 is 17.5 Å². The van der Waals surface area contributed by atoms with E-state index in [9.17, 15) is 18.0 Å². The molecule has 2 unspecified atom stereocenters. The fourth-order valence-electron chi connectivity index (χ4n) is 5.17. The standard InChI is InChI=1S/C27H26F3N5O/c1-4-18-14-19-25(32-33(3)26(19)17-12-20(28)24(30)21(29)13-17)22(5-2)35(18)27(36)16-8-9-23(31-15-16)34-10-6-7-11-34/h6-13,15,18,22H,4-5,14H2,1-3H3. The van der Waals surface area contributed by atoms with Crippen LogP contribution in [0.4, 0.5) is 13.2 Å². The normalized spacial score (nSPS) is 17.3. The summed E-state index contributed by atoms with van der Waals surface area (Å²) in [6.07, 6.45) is 7.10. The lowest BCUT2D eigenvalue weighted by molar-refractivity contribution is 0.0512. The zero-order valence-electron chi connectivity index (χ0n) is 20.3. The first-order valence-corrected chi connectivity index (χ1v) is 12.0. The summed E-state index contributed by atoms with van der Waals surface area (Å²) in [4.78, 5) is 20.1. The van der Waals surface area contributed by atoms with Crippen molar-refractivity contribution in [2.45, 2.75) is 45.2 Å². The molecule has 0 saturated carbocycles. The molecule has 0 spiro atoms. The summed E-state index contributed by atoms with van der Waals surface area (Å²) < 4.78 is 45.1. The Morgan fingerprint density at radius 2 is 1.75 bits per heavy atom. The third-order valence-corrected chi connectivity index (χ3v) is 6.87. The molecule has 0 bridgehead atoms. The number of aromatic nitrogens is 4. The molecular weight excluding hydrogens is 467 g/mol. The summed E-state index contributed by atoms with van der Waals surface area (Å²) in [6, 6.07) is 8.89. The Labute approximate surface area is 207 Å². The van der Waals surface area contributed by atoms with Crippen LogP contribution in [0.5, 0.6) is 0 Å². The summed E-state index contributed by atoms with van der Waals surface area (Å²) >= 11 is 0. The molecule has 4 heterocycles. The van der Waals surface area contributed by atoms with Gasteiger partial charge in [0.15, 0.2) is 17.5 Å². The number of benzene rings is 1. The molecule has 2 atom stereocenters. The topological polar surface area (TPSA) is 56.0 Å². The number of fused-ring (bicyclic) bond motifs is 1. The number of aryl methyl sites for hydroxylation is 1. The van der Waals surface area contributed by atoms with Gasteiger partial charge >= 0.3 is 0 Å². The maximum Gasteiger partial charge on any atom is 0.256 e. The van der Waals surface area contributed by atoms with Gasteiger partial charge in [-0.1, -0.05) is 13.8 Å². The first kappa shape index (κ1) is 23.8. The van der Waals surface area contributed by atoms with Crippen LogP contribution in [-0.2, 0) is 13.5 Å². The van der Waals surface area contributed by atoms with E-state index in [0.717, 1.165) is 17.7 Å². The van der Waals surface area contributed by atoms with Gasteiger partial charge in [-0.2, -0.15) is 5.10 Å². The van der Waals surface area contributed by atoms with Crippen molar-refractivity contribution in [3.8, 4) is 17.1 Å². The van der Waals surface area contributed by atoms with Gasteiger partial charge in [-0.15, -0.1) is 0 Å². The van der Waals surface area contributed by atoms with Gasteiger partial charge in [0.2, 0.25) is 0 Å². The van der Waals surface area contributed by atoms with Crippen LogP contribution in [0.3, 0.4) is 0 Å². The van der Waals surface area contributed by atoms with Crippen LogP contribution in [0.2, 0.25) is 0 Å². The van der Waals surface area contributed by atoms with Gasteiger partial charge in [-0.05, 0) is 55.7 Å². The summed E-state index contributed by atoms with van der Waals surface area (Å²) in [5, 5.41) is 4.67. The number of amides is 1. The molecule has 1 aromatic carbocycles. The Hall–Kier alpha value is -3.88. The van der Waals surface area contributed by atoms with E-state index in [0.29, 0.717) is 42.0 Å². The molecule has 0 aliphatic carbocycles. The quantitative estimate of drug-likeness (QED) is 0.339. The molecule has 0 saturated heterocycles. The molecule has 186 valence electrons. The molecule has 6 nitrogen and oxygen atoms in total. The van der Waals surface area contributed by atoms with Crippen molar-refractivity contribution in [1.82, 2.24) is 24.2 Å². The molecule has 5 rings (SSSR count). The van der Waals surface area contributed by atoms with Gasteiger partial charge in [0.25, 0.3) is 5.91 Å². The molecule has 3 aromatic heterocycles. The first-order chi connectivity index (χ1) is 17.3. The minimum Gasteiger partial charge on any atom is -0.327 e. The van der Waals surface area contributed by atoms with Crippen LogP contribution < -0.4 is 0 Å². The molecule has 9 heteroatoms. The number of hydrogen-bond acceptors (Lipinski definition) is 3. The van der Waals surface area contributed by atoms with E-state index in [2.05, 4.69) is 10.1 Å². The molecule has 0 radical (unpaired) electrons. The van der Waals surface area contributed by atoms with E-state index in [1.54, 1.807) is 30.1 Å². The molecule has 0 N–H and O–H groups in total. The van der Waals surface area contributed by atoms with Crippen molar-refractivity contribution in [2.75, 3.05) is 0 Å². The number of hydrogen-bond donors (Lipinski definition) is 0. The van der Waals surface area contributed by atoms with Crippen LogP contribution >= 0.6 is 0 Å². The molecule has 36 heavy (non-hydrogen) atoms. The fraction of sp³-hybridized carbons (Fsp3) is 0.296. The van der Waals surface area contributed by atoms with Gasteiger partial charge < -0.3 is 9.47 Å². The van der Waals surface area contributed by atoms with Crippen molar-refractivity contribution in [3.05, 3.63) is 89.3 Å². The first-order valence-electron chi connectivity index (χ1n) is 12.0. The lowest BCUT2D eigenvalue weighted by Crippen LogP contribution is -2.47. The van der Waals surface area contributed by atoms with E-state index in [4.69, 9.17) is 0 Å². The highest BCUT2D eigenvalue weighted by Gasteiger charge is 2.40. The van der Waals surface area contributed by atoms with Gasteiger partial charge in [-0.25, -0.2) is 18.2 Å². The van der Waals surface area contributed by atoms with Crippen molar-refractivity contribution < 1.29 is 18.0 Å². The number of pyridine rings is 1. The van der Waals surface area contributed by atoms with Gasteiger partial charge in [0.1, 0.15) is 5.82 Å². The summed E-state index contributed by atoms with van der Waals surface area (Å²) in [5.74, 6) is -3.42. The van der Waals surface area contributed by atoms with Gasteiger partial charge in [-0.3, -0.25) is 9.48 Å². The fourth-order valence-corrected chi connectivity index (χ4v) is 5.17. The Bertz CT molecular complexity index is 1390. The smallest absolute Gasteiger partial charge is 0.256 e. The molecular formula is C27H26F3N5O. The number of halogens is 3. The van der Waals surface area contributed by atoms with Crippen LogP contribution in [0.15, 0.2) is 55.0 Å². The minimum absolute atomic E-state index is 0.142. The van der Waals surface area contributed by atoms with Crippen LogP contribution in [0.1, 0.15) is 54.3 Å². The summed E-state index contributed by atoms with van der Waals surface area (Å²) in [7, 11) is 1.69. The Balaban J connectivity index is 1.54. The van der Waals surface area contributed by atoms with Gasteiger partial charge in [0, 0.05) is 42.8 Å². The summed E-state index contributed by atoms with van der Waals surface area (Å²) in [6.45, 7) is 3.98. The Morgan fingerprint density at radius 1 is 1.06 bits per heavy atom. The Morgan fingerprint density at radius 3 is 2.33 bits per heavy atom. The van der Waals surface area contributed by atoms with Crippen LogP contribution in [-0.4, -0.2) is 36.2 Å². The maximum absolute atomic E-state index is 14.1. The molecule has 0 fully saturated rings. The Kier molecular flexibility index (Phi) is 6.15. The highest BCUT2D eigenvalue weighted by atomic mass is 19.2. The monoisotopic (exact) mass is 493 g/mol. The van der Waals surface area contributed by atoms with Crippen molar-refractivity contribution in [1.29, 1.82) is 0 Å². The number of carbonyl (C=O) groups excluding carboxylic acids is 1. The number of rotatable bonds is 5. The third-order valence-electron chi connectivity index (χ3n) is 6.87. The van der Waals surface area contributed by atoms with E-state index >= 15 is 0 Å². The average molecular weight is 494 g/mol. The number of nitrogens with zero attached hydrogens (tertiary/aromatic N) is 5. The van der Waals surface area contributed by atoms with Crippen LogP contribution in [0, 0.1) is 17.5 Å². The van der Waals surface area contributed by atoms with Crippen molar-refractivity contribution >= 4 is 5.91 Å². The average Bonchev–Trinajstić information content (AvgIpc) is 3.53. The predicted molar refractivity (Wildman–Crippen MR) is 129 cm³/mol. The third kappa shape index (κ3) is 3.88. The van der Waals surface area contributed by atoms with E-state index in [-0.39, 0.29) is 23.6 Å². The molecule has 1 aliphatic heterocycles. The van der Waals surface area contributed by atoms with Gasteiger partial charge in [0.05, 0.1) is 23.0 Å². The minimum atomic E-state index is -1.50.